The van der Waals surface area contributed by atoms with Gasteiger partial charge in [-0.1, -0.05) is 36.4 Å². The van der Waals surface area contributed by atoms with Crippen molar-refractivity contribution >= 4 is 17.8 Å². The molecule has 168 valence electrons. The fraction of sp³-hybridized carbons (Fsp3) is 0.360. The molecular formula is C25H25N5O3. The monoisotopic (exact) mass is 443 g/mol. The molecule has 1 unspecified atom stereocenters. The molecule has 2 heterocycles. The summed E-state index contributed by atoms with van der Waals surface area (Å²) in [5.74, 6) is -0.537. The average Bonchev–Trinajstić information content (AvgIpc) is 3.33. The summed E-state index contributed by atoms with van der Waals surface area (Å²) in [6.45, 7) is 3.04. The van der Waals surface area contributed by atoms with E-state index in [-0.39, 0.29) is 18.4 Å². The van der Waals surface area contributed by atoms with E-state index in [2.05, 4.69) is 16.3 Å². The zero-order chi connectivity index (χ0) is 23.0. The van der Waals surface area contributed by atoms with Gasteiger partial charge in [0.05, 0.1) is 11.6 Å². The molecule has 0 aromatic heterocycles. The lowest BCUT2D eigenvalue weighted by molar-refractivity contribution is -0.140. The molecule has 1 spiro atoms. The molecule has 8 nitrogen and oxygen atoms in total. The first-order valence-electron chi connectivity index (χ1n) is 11.2. The zero-order valence-electron chi connectivity index (χ0n) is 18.3. The molecule has 2 aromatic carbocycles. The third-order valence-corrected chi connectivity index (χ3v) is 6.93. The summed E-state index contributed by atoms with van der Waals surface area (Å²) in [6, 6.07) is 16.8. The second-order valence-corrected chi connectivity index (χ2v) is 8.85. The molecule has 2 saturated heterocycles. The number of hydrogen-bond acceptors (Lipinski definition) is 5. The SMILES string of the molecule is N#Cc1ccc(CN2CCN(C(=O)CN3C(=O)NC4(CCc5ccccc54)C3=O)CC2)cc1. The fourth-order valence-electron chi connectivity index (χ4n) is 5.07. The van der Waals surface area contributed by atoms with Crippen LogP contribution in [0.1, 0.15) is 28.7 Å². The van der Waals surface area contributed by atoms with Gasteiger partial charge in [0.2, 0.25) is 5.91 Å². The number of fused-ring (bicyclic) bond motifs is 2. The molecule has 0 radical (unpaired) electrons. The van der Waals surface area contributed by atoms with Gasteiger partial charge in [-0.2, -0.15) is 5.26 Å². The number of nitriles is 1. The van der Waals surface area contributed by atoms with Crippen molar-refractivity contribution in [1.82, 2.24) is 20.0 Å². The van der Waals surface area contributed by atoms with Crippen molar-refractivity contribution in [3.05, 3.63) is 70.8 Å². The van der Waals surface area contributed by atoms with Crippen LogP contribution < -0.4 is 5.32 Å². The third kappa shape index (κ3) is 3.74. The standard InChI is InChI=1S/C25H25N5O3/c26-15-18-5-7-19(8-6-18)16-28-11-13-29(14-12-28)22(31)17-30-23(32)25(27-24(30)33)10-9-20-3-1-2-4-21(20)25/h1-8H,9-14,16-17H2,(H,27,33). The van der Waals surface area contributed by atoms with Crippen LogP contribution in [0.5, 0.6) is 0 Å². The van der Waals surface area contributed by atoms with Crippen molar-refractivity contribution in [3.63, 3.8) is 0 Å². The van der Waals surface area contributed by atoms with Gasteiger partial charge in [-0.15, -0.1) is 0 Å². The van der Waals surface area contributed by atoms with E-state index in [0.29, 0.717) is 38.2 Å². The van der Waals surface area contributed by atoms with E-state index < -0.39 is 11.6 Å². The van der Waals surface area contributed by atoms with Crippen LogP contribution in [0.15, 0.2) is 48.5 Å². The van der Waals surface area contributed by atoms with Crippen LogP contribution in [-0.2, 0) is 28.1 Å². The number of hydrogen-bond donors (Lipinski definition) is 1. The maximum absolute atomic E-state index is 13.3. The number of carbonyl (C=O) groups is 3. The Hall–Kier alpha value is -3.70. The molecule has 8 heteroatoms. The summed E-state index contributed by atoms with van der Waals surface area (Å²) in [7, 11) is 0. The lowest BCUT2D eigenvalue weighted by Crippen LogP contribution is -2.51. The Morgan fingerprint density at radius 3 is 2.48 bits per heavy atom. The summed E-state index contributed by atoms with van der Waals surface area (Å²) in [5, 5.41) is 11.8. The van der Waals surface area contributed by atoms with Crippen molar-refractivity contribution in [1.29, 1.82) is 5.26 Å². The molecule has 3 aliphatic rings. The van der Waals surface area contributed by atoms with Crippen molar-refractivity contribution in [2.45, 2.75) is 24.9 Å². The van der Waals surface area contributed by atoms with Gasteiger partial charge >= 0.3 is 6.03 Å². The molecule has 33 heavy (non-hydrogen) atoms. The van der Waals surface area contributed by atoms with Gasteiger partial charge in [-0.05, 0) is 41.7 Å². The smallest absolute Gasteiger partial charge is 0.325 e. The first-order valence-corrected chi connectivity index (χ1v) is 11.2. The Morgan fingerprint density at radius 2 is 1.76 bits per heavy atom. The molecule has 2 aliphatic heterocycles. The Morgan fingerprint density at radius 1 is 1.03 bits per heavy atom. The lowest BCUT2D eigenvalue weighted by Gasteiger charge is -2.35. The number of urea groups is 1. The molecule has 0 bridgehead atoms. The van der Waals surface area contributed by atoms with Crippen LogP contribution >= 0.6 is 0 Å². The minimum absolute atomic E-state index is 0.208. The number of benzene rings is 2. The zero-order valence-corrected chi connectivity index (χ0v) is 18.3. The number of amides is 4. The maximum Gasteiger partial charge on any atom is 0.325 e. The average molecular weight is 444 g/mol. The summed E-state index contributed by atoms with van der Waals surface area (Å²) in [4.78, 5) is 43.9. The molecule has 1 atom stereocenters. The largest absolute Gasteiger partial charge is 0.339 e. The number of carbonyl (C=O) groups excluding carboxylic acids is 3. The Kier molecular flexibility index (Phi) is 5.35. The molecule has 1 N–H and O–H groups in total. The lowest BCUT2D eigenvalue weighted by atomic mass is 9.92. The number of rotatable bonds is 4. The van der Waals surface area contributed by atoms with Gasteiger partial charge in [0.15, 0.2) is 0 Å². The van der Waals surface area contributed by atoms with Crippen molar-refractivity contribution in [2.75, 3.05) is 32.7 Å². The Bertz CT molecular complexity index is 1150. The van der Waals surface area contributed by atoms with E-state index in [4.69, 9.17) is 5.26 Å². The minimum atomic E-state index is -1.03. The Labute approximate surface area is 192 Å². The normalized spacial score (nSPS) is 22.4. The number of piperazine rings is 1. The molecule has 5 rings (SSSR count). The highest BCUT2D eigenvalue weighted by molar-refractivity contribution is 6.09. The van der Waals surface area contributed by atoms with Crippen molar-refractivity contribution < 1.29 is 14.4 Å². The second kappa shape index (κ2) is 8.34. The molecule has 1 aliphatic carbocycles. The molecular weight excluding hydrogens is 418 g/mol. The summed E-state index contributed by atoms with van der Waals surface area (Å²) in [5.41, 5.74) is 2.63. The van der Waals surface area contributed by atoms with E-state index in [1.165, 1.54) is 0 Å². The van der Waals surface area contributed by atoms with Gasteiger partial charge < -0.3 is 10.2 Å². The number of imide groups is 1. The van der Waals surface area contributed by atoms with Gasteiger partial charge in [-0.3, -0.25) is 19.4 Å². The van der Waals surface area contributed by atoms with E-state index in [1.54, 1.807) is 4.90 Å². The first-order chi connectivity index (χ1) is 16.0. The van der Waals surface area contributed by atoms with Crippen molar-refractivity contribution in [2.24, 2.45) is 0 Å². The maximum atomic E-state index is 13.3. The number of aryl methyl sites for hydroxylation is 1. The quantitative estimate of drug-likeness (QED) is 0.724. The topological polar surface area (TPSA) is 96.8 Å². The molecule has 0 saturated carbocycles. The van der Waals surface area contributed by atoms with Crippen LogP contribution in [0.25, 0.3) is 0 Å². The first kappa shape index (κ1) is 21.2. The molecule has 2 fully saturated rings. The van der Waals surface area contributed by atoms with Crippen LogP contribution in [-0.4, -0.2) is 65.3 Å². The summed E-state index contributed by atoms with van der Waals surface area (Å²) < 4.78 is 0. The third-order valence-electron chi connectivity index (χ3n) is 6.93. The number of nitrogens with one attached hydrogen (secondary N) is 1. The molecule has 2 aromatic rings. The highest BCUT2D eigenvalue weighted by Gasteiger charge is 2.55. The van der Waals surface area contributed by atoms with Crippen LogP contribution in [0.3, 0.4) is 0 Å². The summed E-state index contributed by atoms with van der Waals surface area (Å²) in [6.07, 6.45) is 1.25. The van der Waals surface area contributed by atoms with E-state index in [1.807, 2.05) is 48.5 Å². The minimum Gasteiger partial charge on any atom is -0.339 e. The highest BCUT2D eigenvalue weighted by atomic mass is 16.2. The molecule has 4 amide bonds. The van der Waals surface area contributed by atoms with Crippen molar-refractivity contribution in [3.8, 4) is 6.07 Å². The predicted molar refractivity (Wildman–Crippen MR) is 120 cm³/mol. The van der Waals surface area contributed by atoms with Gasteiger partial charge in [0.25, 0.3) is 5.91 Å². The van der Waals surface area contributed by atoms with Crippen LogP contribution in [0.2, 0.25) is 0 Å². The van der Waals surface area contributed by atoms with E-state index in [9.17, 15) is 14.4 Å². The highest BCUT2D eigenvalue weighted by Crippen LogP contribution is 2.41. The summed E-state index contributed by atoms with van der Waals surface area (Å²) >= 11 is 0. The predicted octanol–water partition coefficient (Wildman–Crippen LogP) is 1.60. The second-order valence-electron chi connectivity index (χ2n) is 8.85. The Balaban J connectivity index is 1.18. The van der Waals surface area contributed by atoms with Crippen LogP contribution in [0, 0.1) is 11.3 Å². The van der Waals surface area contributed by atoms with Gasteiger partial charge in [0.1, 0.15) is 12.1 Å². The van der Waals surface area contributed by atoms with Gasteiger partial charge in [0, 0.05) is 32.7 Å². The fourth-order valence-corrected chi connectivity index (χ4v) is 5.07. The van der Waals surface area contributed by atoms with Gasteiger partial charge in [-0.25, -0.2) is 4.79 Å². The van der Waals surface area contributed by atoms with Crippen LogP contribution in [0.4, 0.5) is 4.79 Å². The van der Waals surface area contributed by atoms with E-state index in [0.717, 1.165) is 34.6 Å². The number of nitrogens with zero attached hydrogens (tertiary/aromatic N) is 4. The van der Waals surface area contributed by atoms with E-state index >= 15 is 0 Å².